The zero-order valence-electron chi connectivity index (χ0n) is 12.4. The first-order valence-corrected chi connectivity index (χ1v) is 8.94. The van der Waals surface area contributed by atoms with Crippen molar-refractivity contribution in [2.45, 2.75) is 31.1 Å². The van der Waals surface area contributed by atoms with E-state index in [9.17, 15) is 12.8 Å². The van der Waals surface area contributed by atoms with Gasteiger partial charge in [0.25, 0.3) is 0 Å². The summed E-state index contributed by atoms with van der Waals surface area (Å²) in [6.07, 6.45) is 2.90. The molecule has 0 aliphatic carbocycles. The largest absolute Gasteiger partial charge is 0.316 e. The van der Waals surface area contributed by atoms with Gasteiger partial charge in [0.1, 0.15) is 5.82 Å². The highest BCUT2D eigenvalue weighted by atomic mass is 32.2. The molecule has 1 aliphatic heterocycles. The van der Waals surface area contributed by atoms with Crippen LogP contribution in [-0.2, 0) is 10.0 Å². The molecule has 1 unspecified atom stereocenters. The van der Waals surface area contributed by atoms with Crippen LogP contribution in [0.3, 0.4) is 0 Å². The number of benzene rings is 1. The fourth-order valence-corrected chi connectivity index (χ4v) is 4.29. The molecule has 1 aliphatic rings. The van der Waals surface area contributed by atoms with E-state index in [0.717, 1.165) is 32.4 Å². The van der Waals surface area contributed by atoms with Gasteiger partial charge in [0.05, 0.1) is 4.90 Å². The van der Waals surface area contributed by atoms with E-state index in [1.165, 1.54) is 28.6 Å². The Hall–Kier alpha value is -0.980. The van der Waals surface area contributed by atoms with Gasteiger partial charge >= 0.3 is 0 Å². The van der Waals surface area contributed by atoms with Gasteiger partial charge in [-0.3, -0.25) is 0 Å². The highest BCUT2D eigenvalue weighted by Gasteiger charge is 2.27. The van der Waals surface area contributed by atoms with Crippen LogP contribution in [0.5, 0.6) is 0 Å². The van der Waals surface area contributed by atoms with Crippen LogP contribution in [0.15, 0.2) is 29.2 Å². The minimum atomic E-state index is -3.54. The van der Waals surface area contributed by atoms with E-state index < -0.39 is 15.8 Å². The summed E-state index contributed by atoms with van der Waals surface area (Å²) in [5.74, 6) is -0.0759. The molecule has 0 saturated carbocycles. The molecule has 1 atom stereocenters. The molecule has 1 N–H and O–H groups in total. The van der Waals surface area contributed by atoms with Gasteiger partial charge in [0.15, 0.2) is 0 Å². The maximum Gasteiger partial charge on any atom is 0.243 e. The molecular formula is C15H23FN2O2S. The Morgan fingerprint density at radius 3 is 2.62 bits per heavy atom. The minimum Gasteiger partial charge on any atom is -0.316 e. The van der Waals surface area contributed by atoms with Gasteiger partial charge in [-0.1, -0.05) is 6.92 Å². The molecule has 0 aromatic heterocycles. The highest BCUT2D eigenvalue weighted by molar-refractivity contribution is 7.89. The van der Waals surface area contributed by atoms with Crippen molar-refractivity contribution >= 4 is 10.0 Å². The van der Waals surface area contributed by atoms with Crippen LogP contribution in [0.4, 0.5) is 4.39 Å². The van der Waals surface area contributed by atoms with Crippen molar-refractivity contribution in [2.75, 3.05) is 26.2 Å². The summed E-state index contributed by atoms with van der Waals surface area (Å²) in [7, 11) is -3.54. The average Bonchev–Trinajstić information content (AvgIpc) is 2.48. The third kappa shape index (κ3) is 4.25. The molecule has 4 nitrogen and oxygen atoms in total. The lowest BCUT2D eigenvalue weighted by molar-refractivity contribution is 0.291. The van der Waals surface area contributed by atoms with Crippen molar-refractivity contribution < 1.29 is 12.8 Å². The molecular weight excluding hydrogens is 291 g/mol. The van der Waals surface area contributed by atoms with Crippen molar-refractivity contribution in [1.29, 1.82) is 0 Å². The third-order valence-electron chi connectivity index (χ3n) is 3.79. The lowest BCUT2D eigenvalue weighted by Gasteiger charge is -2.29. The van der Waals surface area contributed by atoms with Crippen LogP contribution in [0.1, 0.15) is 26.2 Å². The maximum atomic E-state index is 13.0. The summed E-state index contributed by atoms with van der Waals surface area (Å²) >= 11 is 0. The molecule has 0 radical (unpaired) electrons. The van der Waals surface area contributed by atoms with Crippen molar-refractivity contribution in [3.05, 3.63) is 30.1 Å². The molecule has 1 fully saturated rings. The Kier molecular flexibility index (Phi) is 5.72. The number of rotatable bonds is 6. The minimum absolute atomic E-state index is 0.168. The predicted molar refractivity (Wildman–Crippen MR) is 81.0 cm³/mol. The van der Waals surface area contributed by atoms with Gasteiger partial charge in [-0.05, 0) is 62.5 Å². The van der Waals surface area contributed by atoms with Gasteiger partial charge in [-0.15, -0.1) is 0 Å². The van der Waals surface area contributed by atoms with E-state index in [0.29, 0.717) is 19.0 Å². The highest BCUT2D eigenvalue weighted by Crippen LogP contribution is 2.20. The first-order valence-electron chi connectivity index (χ1n) is 7.50. The van der Waals surface area contributed by atoms with Gasteiger partial charge in [-0.25, -0.2) is 12.8 Å². The molecule has 1 aromatic carbocycles. The molecule has 0 bridgehead atoms. The molecule has 1 aromatic rings. The van der Waals surface area contributed by atoms with Gasteiger partial charge in [0, 0.05) is 13.1 Å². The van der Waals surface area contributed by atoms with Crippen molar-refractivity contribution in [3.8, 4) is 0 Å². The Morgan fingerprint density at radius 2 is 2.05 bits per heavy atom. The second kappa shape index (κ2) is 7.33. The molecule has 21 heavy (non-hydrogen) atoms. The predicted octanol–water partition coefficient (Wildman–Crippen LogP) is 2.23. The molecule has 0 amide bonds. The summed E-state index contributed by atoms with van der Waals surface area (Å²) in [5.41, 5.74) is 0. The Morgan fingerprint density at radius 1 is 1.33 bits per heavy atom. The lowest BCUT2D eigenvalue weighted by Crippen LogP contribution is -2.41. The average molecular weight is 314 g/mol. The van der Waals surface area contributed by atoms with Crippen LogP contribution in [0, 0.1) is 11.7 Å². The smallest absolute Gasteiger partial charge is 0.243 e. The van der Waals surface area contributed by atoms with Crippen molar-refractivity contribution in [1.82, 2.24) is 9.62 Å². The number of nitrogens with zero attached hydrogens (tertiary/aromatic N) is 1. The van der Waals surface area contributed by atoms with Crippen LogP contribution in [-0.4, -0.2) is 38.9 Å². The molecule has 6 heteroatoms. The fourth-order valence-electron chi connectivity index (χ4n) is 2.68. The van der Waals surface area contributed by atoms with Crippen molar-refractivity contribution in [3.63, 3.8) is 0 Å². The number of halogens is 1. The molecule has 1 heterocycles. The standard InChI is InChI=1S/C15H23FN2O2S/c1-2-10-18(12-13-4-3-9-17-11-13)21(19,20)15-7-5-14(16)6-8-15/h5-8,13,17H,2-4,9-12H2,1H3. The molecule has 118 valence electrons. The van der Waals surface area contributed by atoms with Crippen molar-refractivity contribution in [2.24, 2.45) is 5.92 Å². The monoisotopic (exact) mass is 314 g/mol. The summed E-state index contributed by atoms with van der Waals surface area (Å²) in [4.78, 5) is 0.168. The zero-order valence-corrected chi connectivity index (χ0v) is 13.2. The Labute approximate surface area is 126 Å². The number of hydrogen-bond donors (Lipinski definition) is 1. The van der Waals surface area contributed by atoms with Gasteiger partial charge in [-0.2, -0.15) is 4.31 Å². The topological polar surface area (TPSA) is 49.4 Å². The summed E-state index contributed by atoms with van der Waals surface area (Å²) in [5, 5.41) is 3.31. The van der Waals surface area contributed by atoms with E-state index in [-0.39, 0.29) is 4.90 Å². The van der Waals surface area contributed by atoms with E-state index >= 15 is 0 Å². The molecule has 2 rings (SSSR count). The quantitative estimate of drug-likeness (QED) is 0.876. The summed E-state index contributed by atoms with van der Waals surface area (Å²) < 4.78 is 39.9. The van der Waals surface area contributed by atoms with Gasteiger partial charge in [0.2, 0.25) is 10.0 Å². The summed E-state index contributed by atoms with van der Waals surface area (Å²) in [6, 6.07) is 5.07. The maximum absolute atomic E-state index is 13.0. The first kappa shape index (κ1) is 16.4. The third-order valence-corrected chi connectivity index (χ3v) is 5.66. The van der Waals surface area contributed by atoms with Crippen LogP contribution >= 0.6 is 0 Å². The van der Waals surface area contributed by atoms with Crippen LogP contribution < -0.4 is 5.32 Å². The van der Waals surface area contributed by atoms with Gasteiger partial charge < -0.3 is 5.32 Å². The molecule has 1 saturated heterocycles. The lowest BCUT2D eigenvalue weighted by atomic mass is 10.00. The van der Waals surface area contributed by atoms with E-state index in [1.54, 1.807) is 0 Å². The Balaban J connectivity index is 2.16. The number of nitrogens with one attached hydrogen (secondary N) is 1. The van der Waals surface area contributed by atoms with E-state index in [4.69, 9.17) is 0 Å². The van der Waals surface area contributed by atoms with Crippen LogP contribution in [0.25, 0.3) is 0 Å². The Bertz CT molecular complexity index is 539. The first-order chi connectivity index (χ1) is 10.0. The zero-order chi connectivity index (χ0) is 15.3. The normalized spacial score (nSPS) is 19.9. The van der Waals surface area contributed by atoms with E-state index in [1.807, 2.05) is 6.92 Å². The SMILES string of the molecule is CCCN(CC1CCCNC1)S(=O)(=O)c1ccc(F)cc1. The number of sulfonamides is 1. The fraction of sp³-hybridized carbons (Fsp3) is 0.600. The second-order valence-electron chi connectivity index (χ2n) is 5.53. The number of hydrogen-bond acceptors (Lipinski definition) is 3. The van der Waals surface area contributed by atoms with E-state index in [2.05, 4.69) is 5.32 Å². The second-order valence-corrected chi connectivity index (χ2v) is 7.47. The number of piperidine rings is 1. The van der Waals surface area contributed by atoms with Crippen LogP contribution in [0.2, 0.25) is 0 Å². The molecule has 0 spiro atoms. The summed E-state index contributed by atoms with van der Waals surface area (Å²) in [6.45, 7) is 4.86.